The Kier molecular flexibility index (Phi) is 3.66. The standard InChI is InChI=1S/C6H5ClO3S.H3N/c7-5-1-3-6(4-2-5)11(8,9)10;/h1-4H,(H,8,9,10);1H3. The fourth-order valence-corrected chi connectivity index (χ4v) is 1.20. The van der Waals surface area contributed by atoms with Gasteiger partial charge in [0.25, 0.3) is 0 Å². The summed E-state index contributed by atoms with van der Waals surface area (Å²) in [6, 6.07) is 5.05. The Bertz CT molecular complexity index is 346. The summed E-state index contributed by atoms with van der Waals surface area (Å²) < 4.78 is 31.0. The summed E-state index contributed by atoms with van der Waals surface area (Å²) in [6.07, 6.45) is 0. The highest BCUT2D eigenvalue weighted by Gasteiger charge is 1.98. The third-order valence-corrected chi connectivity index (χ3v) is 2.20. The molecule has 0 fully saturated rings. The highest BCUT2D eigenvalue weighted by molar-refractivity contribution is 7.85. The second kappa shape index (κ2) is 3.86. The highest BCUT2D eigenvalue weighted by atomic mass is 35.5. The number of rotatable bonds is 1. The summed E-state index contributed by atoms with van der Waals surface area (Å²) >= 11 is 5.46. The van der Waals surface area contributed by atoms with Crippen LogP contribution >= 0.6 is 11.6 Å². The Hall–Kier alpha value is -0.620. The smallest absolute Gasteiger partial charge is 0.124 e. The highest BCUT2D eigenvalue weighted by Crippen LogP contribution is 2.12. The second-order valence-corrected chi connectivity index (χ2v) is 3.72. The largest absolute Gasteiger partial charge is 0.744 e. The van der Waals surface area contributed by atoms with Gasteiger partial charge in [0.2, 0.25) is 0 Å². The number of hydrogen-bond acceptors (Lipinski definition) is 3. The van der Waals surface area contributed by atoms with Crippen molar-refractivity contribution < 1.29 is 13.0 Å². The van der Waals surface area contributed by atoms with Crippen LogP contribution in [-0.4, -0.2) is 13.0 Å². The van der Waals surface area contributed by atoms with E-state index in [0.29, 0.717) is 5.02 Å². The lowest BCUT2D eigenvalue weighted by Crippen LogP contribution is -1.97. The van der Waals surface area contributed by atoms with Crippen LogP contribution < -0.4 is 6.15 Å². The van der Waals surface area contributed by atoms with Gasteiger partial charge in [-0.05, 0) is 24.3 Å². The molecule has 0 saturated carbocycles. The van der Waals surface area contributed by atoms with Crippen molar-refractivity contribution in [3.63, 3.8) is 0 Å². The van der Waals surface area contributed by atoms with E-state index in [-0.39, 0.29) is 11.0 Å². The van der Waals surface area contributed by atoms with Crippen molar-refractivity contribution in [2.75, 3.05) is 0 Å². The maximum Gasteiger partial charge on any atom is 0.124 e. The number of halogens is 1. The van der Waals surface area contributed by atoms with Gasteiger partial charge in [-0.1, -0.05) is 11.6 Å². The minimum absolute atomic E-state index is 0. The molecule has 12 heavy (non-hydrogen) atoms. The molecule has 1 aromatic rings. The minimum Gasteiger partial charge on any atom is -0.744 e. The summed E-state index contributed by atoms with van der Waals surface area (Å²) in [4.78, 5) is -0.262. The van der Waals surface area contributed by atoms with Crippen LogP contribution in [0, 0.1) is 0 Å². The monoisotopic (exact) mass is 209 g/mol. The lowest BCUT2D eigenvalue weighted by atomic mass is 10.4. The first kappa shape index (κ1) is 11.4. The first-order chi connectivity index (χ1) is 5.00. The predicted octanol–water partition coefficient (Wildman–Crippen LogP) is 1.62. The second-order valence-electron chi connectivity index (χ2n) is 1.91. The maximum absolute atomic E-state index is 10.3. The lowest BCUT2D eigenvalue weighted by Gasteiger charge is -2.05. The van der Waals surface area contributed by atoms with Gasteiger partial charge in [0.15, 0.2) is 0 Å². The first-order valence-electron chi connectivity index (χ1n) is 2.71. The topological polar surface area (TPSA) is 93.7 Å². The average Bonchev–Trinajstić information content (AvgIpc) is 1.86. The van der Waals surface area contributed by atoms with E-state index in [0.717, 1.165) is 0 Å². The van der Waals surface area contributed by atoms with Crippen molar-refractivity contribution >= 4 is 21.7 Å². The molecule has 0 aromatic heterocycles. The Balaban J connectivity index is 0.00000121. The SMILES string of the molecule is O=S(=O)([O-])c1ccc(Cl)cc1.[NH4+]. The molecule has 0 amide bonds. The van der Waals surface area contributed by atoms with Crippen molar-refractivity contribution in [3.05, 3.63) is 29.3 Å². The molecule has 68 valence electrons. The molecule has 0 unspecified atom stereocenters. The normalized spacial score (nSPS) is 10.5. The fraction of sp³-hybridized carbons (Fsp3) is 0. The van der Waals surface area contributed by atoms with Gasteiger partial charge in [-0.25, -0.2) is 8.42 Å². The Labute approximate surface area is 75.5 Å². The molecule has 0 aliphatic rings. The van der Waals surface area contributed by atoms with Crippen LogP contribution in [0.15, 0.2) is 29.2 Å². The average molecular weight is 210 g/mol. The molecule has 6 heteroatoms. The van der Waals surface area contributed by atoms with E-state index in [1.54, 1.807) is 0 Å². The van der Waals surface area contributed by atoms with E-state index >= 15 is 0 Å². The zero-order valence-electron chi connectivity index (χ0n) is 6.32. The van der Waals surface area contributed by atoms with Crippen LogP contribution in [0.2, 0.25) is 5.02 Å². The van der Waals surface area contributed by atoms with Gasteiger partial charge in [-0.2, -0.15) is 0 Å². The molecule has 0 saturated heterocycles. The molecule has 0 aliphatic heterocycles. The number of benzene rings is 1. The fourth-order valence-electron chi connectivity index (χ4n) is 0.601. The van der Waals surface area contributed by atoms with Gasteiger partial charge in [0.1, 0.15) is 10.1 Å². The number of hydrogen-bond donors (Lipinski definition) is 1. The van der Waals surface area contributed by atoms with Crippen molar-refractivity contribution in [3.8, 4) is 0 Å². The zero-order valence-corrected chi connectivity index (χ0v) is 7.89. The zero-order chi connectivity index (χ0) is 8.48. The van der Waals surface area contributed by atoms with Crippen molar-refractivity contribution in [2.45, 2.75) is 4.90 Å². The van der Waals surface area contributed by atoms with Gasteiger partial charge in [-0.15, -0.1) is 0 Å². The van der Waals surface area contributed by atoms with Crippen LogP contribution in [-0.2, 0) is 10.1 Å². The molecule has 4 nitrogen and oxygen atoms in total. The van der Waals surface area contributed by atoms with Crippen molar-refractivity contribution in [1.82, 2.24) is 6.15 Å². The first-order valence-corrected chi connectivity index (χ1v) is 4.50. The number of quaternary nitrogens is 1. The molecule has 0 radical (unpaired) electrons. The Morgan fingerprint density at radius 2 is 1.58 bits per heavy atom. The minimum atomic E-state index is -4.33. The molecule has 0 aliphatic carbocycles. The van der Waals surface area contributed by atoms with E-state index in [1.807, 2.05) is 0 Å². The quantitative estimate of drug-likeness (QED) is 0.712. The molecule has 0 heterocycles. The molecule has 1 rings (SSSR count). The van der Waals surface area contributed by atoms with E-state index in [1.165, 1.54) is 24.3 Å². The Morgan fingerprint density at radius 3 is 1.92 bits per heavy atom. The van der Waals surface area contributed by atoms with Gasteiger partial charge >= 0.3 is 0 Å². The molecular formula is C6H8ClNO3S. The summed E-state index contributed by atoms with van der Waals surface area (Å²) in [7, 11) is -4.33. The third-order valence-electron chi connectivity index (χ3n) is 1.10. The van der Waals surface area contributed by atoms with E-state index in [4.69, 9.17) is 11.6 Å². The Morgan fingerprint density at radius 1 is 1.17 bits per heavy atom. The third kappa shape index (κ3) is 2.78. The summed E-state index contributed by atoms with van der Waals surface area (Å²) in [5, 5.41) is 0.400. The molecule has 0 atom stereocenters. The van der Waals surface area contributed by atoms with Crippen LogP contribution in [0.4, 0.5) is 0 Å². The van der Waals surface area contributed by atoms with Crippen LogP contribution in [0.25, 0.3) is 0 Å². The summed E-state index contributed by atoms with van der Waals surface area (Å²) in [6.45, 7) is 0. The van der Waals surface area contributed by atoms with Crippen molar-refractivity contribution in [1.29, 1.82) is 0 Å². The van der Waals surface area contributed by atoms with Gasteiger partial charge in [-0.3, -0.25) is 0 Å². The van der Waals surface area contributed by atoms with Crippen LogP contribution in [0.5, 0.6) is 0 Å². The molecular weight excluding hydrogens is 202 g/mol. The lowest BCUT2D eigenvalue weighted by molar-refractivity contribution is 0.463. The van der Waals surface area contributed by atoms with E-state index in [9.17, 15) is 13.0 Å². The molecule has 1 aromatic carbocycles. The molecule has 4 N–H and O–H groups in total. The van der Waals surface area contributed by atoms with Gasteiger partial charge < -0.3 is 10.7 Å². The van der Waals surface area contributed by atoms with E-state index in [2.05, 4.69) is 0 Å². The van der Waals surface area contributed by atoms with Crippen LogP contribution in [0.1, 0.15) is 0 Å². The van der Waals surface area contributed by atoms with E-state index < -0.39 is 10.1 Å². The van der Waals surface area contributed by atoms with Crippen molar-refractivity contribution in [2.24, 2.45) is 0 Å². The van der Waals surface area contributed by atoms with Gasteiger partial charge in [0.05, 0.1) is 4.90 Å². The van der Waals surface area contributed by atoms with Gasteiger partial charge in [0, 0.05) is 5.02 Å². The molecule has 0 spiro atoms. The summed E-state index contributed by atoms with van der Waals surface area (Å²) in [5.41, 5.74) is 0. The van der Waals surface area contributed by atoms with Crippen LogP contribution in [0.3, 0.4) is 0 Å². The summed E-state index contributed by atoms with van der Waals surface area (Å²) in [5.74, 6) is 0. The maximum atomic E-state index is 10.3. The molecule has 0 bridgehead atoms. The predicted molar refractivity (Wildman–Crippen MR) is 45.4 cm³/mol.